The van der Waals surface area contributed by atoms with Crippen LogP contribution in [0.1, 0.15) is 5.56 Å². The van der Waals surface area contributed by atoms with Gasteiger partial charge >= 0.3 is 0 Å². The first-order valence-electron chi connectivity index (χ1n) is 8.07. The summed E-state index contributed by atoms with van der Waals surface area (Å²) in [6, 6.07) is 16.0. The fourth-order valence-corrected chi connectivity index (χ4v) is 2.75. The van der Waals surface area contributed by atoms with Gasteiger partial charge in [0.1, 0.15) is 11.6 Å². The predicted molar refractivity (Wildman–Crippen MR) is 96.5 cm³/mol. The van der Waals surface area contributed by atoms with Gasteiger partial charge in [-0.3, -0.25) is 0 Å². The summed E-state index contributed by atoms with van der Waals surface area (Å²) in [6.45, 7) is 0.547. The van der Waals surface area contributed by atoms with E-state index in [4.69, 9.17) is 4.74 Å². The van der Waals surface area contributed by atoms with Crippen molar-refractivity contribution in [3.63, 3.8) is 0 Å². The maximum absolute atomic E-state index is 13.2. The highest BCUT2D eigenvalue weighted by atomic mass is 19.1. The molecular formula is C19H16FN5O. The van der Waals surface area contributed by atoms with Crippen LogP contribution in [0.4, 0.5) is 10.1 Å². The molecule has 0 spiro atoms. The van der Waals surface area contributed by atoms with Crippen molar-refractivity contribution in [3.8, 4) is 16.9 Å². The fourth-order valence-electron chi connectivity index (χ4n) is 2.75. The fraction of sp³-hybridized carbons (Fsp3) is 0.105. The van der Waals surface area contributed by atoms with E-state index in [1.54, 1.807) is 23.8 Å². The highest BCUT2D eigenvalue weighted by Gasteiger charge is 2.09. The number of benzene rings is 2. The number of tetrazole rings is 1. The lowest BCUT2D eigenvalue weighted by Gasteiger charge is -2.10. The SMILES string of the molecule is COc1ccc(NCc2cc(-c3ccc(F)cc3)cn3nnnc23)cc1. The van der Waals surface area contributed by atoms with Crippen LogP contribution < -0.4 is 10.1 Å². The van der Waals surface area contributed by atoms with Crippen LogP contribution in [0.15, 0.2) is 60.8 Å². The van der Waals surface area contributed by atoms with E-state index in [2.05, 4.69) is 20.8 Å². The second-order valence-electron chi connectivity index (χ2n) is 5.79. The topological polar surface area (TPSA) is 64.3 Å². The Bertz CT molecular complexity index is 1030. The van der Waals surface area contributed by atoms with Crippen LogP contribution >= 0.6 is 0 Å². The summed E-state index contributed by atoms with van der Waals surface area (Å²) in [7, 11) is 1.64. The summed E-state index contributed by atoms with van der Waals surface area (Å²) < 4.78 is 20.0. The largest absolute Gasteiger partial charge is 0.497 e. The van der Waals surface area contributed by atoms with Crippen molar-refractivity contribution in [1.29, 1.82) is 0 Å². The van der Waals surface area contributed by atoms with Gasteiger partial charge in [0, 0.05) is 29.6 Å². The molecular weight excluding hydrogens is 333 g/mol. The zero-order chi connectivity index (χ0) is 17.9. The Kier molecular flexibility index (Phi) is 4.18. The van der Waals surface area contributed by atoms with Crippen LogP contribution in [0.2, 0.25) is 0 Å². The van der Waals surface area contributed by atoms with E-state index < -0.39 is 0 Å². The molecule has 0 saturated heterocycles. The lowest BCUT2D eigenvalue weighted by atomic mass is 10.1. The number of aromatic nitrogens is 4. The summed E-state index contributed by atoms with van der Waals surface area (Å²) in [4.78, 5) is 0. The molecule has 6 nitrogen and oxygen atoms in total. The number of hydrogen-bond donors (Lipinski definition) is 1. The van der Waals surface area contributed by atoms with Crippen molar-refractivity contribution in [3.05, 3.63) is 72.2 Å². The number of rotatable bonds is 5. The summed E-state index contributed by atoms with van der Waals surface area (Å²) >= 11 is 0. The molecule has 0 amide bonds. The number of nitrogens with zero attached hydrogens (tertiary/aromatic N) is 4. The second kappa shape index (κ2) is 6.79. The van der Waals surface area contributed by atoms with Gasteiger partial charge in [-0.2, -0.15) is 4.52 Å². The van der Waals surface area contributed by atoms with Crippen LogP contribution in [0.3, 0.4) is 0 Å². The zero-order valence-corrected chi connectivity index (χ0v) is 14.1. The normalized spacial score (nSPS) is 10.8. The molecule has 2 aromatic heterocycles. The third kappa shape index (κ3) is 3.19. The Morgan fingerprint density at radius 2 is 1.81 bits per heavy atom. The number of halogens is 1. The minimum absolute atomic E-state index is 0.265. The molecule has 2 heterocycles. The van der Waals surface area contributed by atoms with Crippen LogP contribution in [0.5, 0.6) is 5.75 Å². The summed E-state index contributed by atoms with van der Waals surface area (Å²) in [6.07, 6.45) is 1.83. The number of hydrogen-bond acceptors (Lipinski definition) is 5. The zero-order valence-electron chi connectivity index (χ0n) is 14.1. The smallest absolute Gasteiger partial charge is 0.184 e. The van der Waals surface area contributed by atoms with E-state index in [1.807, 2.05) is 36.5 Å². The van der Waals surface area contributed by atoms with Crippen LogP contribution in [-0.4, -0.2) is 27.2 Å². The quantitative estimate of drug-likeness (QED) is 0.597. The number of nitrogens with one attached hydrogen (secondary N) is 1. The first-order chi connectivity index (χ1) is 12.7. The number of anilines is 1. The van der Waals surface area contributed by atoms with Gasteiger partial charge in [-0.15, -0.1) is 5.10 Å². The molecule has 0 aliphatic carbocycles. The molecule has 0 fully saturated rings. The van der Waals surface area contributed by atoms with E-state index >= 15 is 0 Å². The van der Waals surface area contributed by atoms with Gasteiger partial charge in [0.15, 0.2) is 5.65 Å². The third-order valence-corrected chi connectivity index (χ3v) is 4.12. The van der Waals surface area contributed by atoms with Gasteiger partial charge in [0.05, 0.1) is 7.11 Å². The molecule has 130 valence electrons. The van der Waals surface area contributed by atoms with Crippen LogP contribution in [-0.2, 0) is 6.54 Å². The van der Waals surface area contributed by atoms with Gasteiger partial charge in [0.2, 0.25) is 0 Å². The summed E-state index contributed by atoms with van der Waals surface area (Å²) in [5, 5.41) is 15.2. The number of methoxy groups -OCH3 is 1. The van der Waals surface area contributed by atoms with Gasteiger partial charge < -0.3 is 10.1 Å². The van der Waals surface area contributed by atoms with Crippen molar-refractivity contribution in [2.45, 2.75) is 6.54 Å². The highest BCUT2D eigenvalue weighted by molar-refractivity contribution is 5.67. The van der Waals surface area contributed by atoms with Gasteiger partial charge in [-0.1, -0.05) is 12.1 Å². The highest BCUT2D eigenvalue weighted by Crippen LogP contribution is 2.23. The van der Waals surface area contributed by atoms with Gasteiger partial charge in [-0.05, 0) is 58.5 Å². The average molecular weight is 349 g/mol. The minimum Gasteiger partial charge on any atom is -0.497 e. The molecule has 2 aromatic carbocycles. The van der Waals surface area contributed by atoms with E-state index in [1.165, 1.54) is 12.1 Å². The van der Waals surface area contributed by atoms with E-state index in [-0.39, 0.29) is 5.82 Å². The first-order valence-corrected chi connectivity index (χ1v) is 8.07. The lowest BCUT2D eigenvalue weighted by molar-refractivity contribution is 0.415. The van der Waals surface area contributed by atoms with Crippen molar-refractivity contribution in [2.24, 2.45) is 0 Å². The number of fused-ring (bicyclic) bond motifs is 1. The molecule has 4 rings (SSSR count). The molecule has 1 N–H and O–H groups in total. The number of ether oxygens (including phenoxy) is 1. The molecule has 26 heavy (non-hydrogen) atoms. The van der Waals surface area contributed by atoms with Crippen molar-refractivity contribution in [2.75, 3.05) is 12.4 Å². The molecule has 0 aliphatic heterocycles. The van der Waals surface area contributed by atoms with Gasteiger partial charge in [0.25, 0.3) is 0 Å². The van der Waals surface area contributed by atoms with Gasteiger partial charge in [-0.25, -0.2) is 4.39 Å². The average Bonchev–Trinajstić information content (AvgIpc) is 3.16. The summed E-state index contributed by atoms with van der Waals surface area (Å²) in [5.41, 5.74) is 4.39. The van der Waals surface area contributed by atoms with Crippen molar-refractivity contribution in [1.82, 2.24) is 20.0 Å². The molecule has 0 radical (unpaired) electrons. The number of pyridine rings is 1. The Morgan fingerprint density at radius 3 is 2.54 bits per heavy atom. The predicted octanol–water partition coefficient (Wildman–Crippen LogP) is 3.55. The lowest BCUT2D eigenvalue weighted by Crippen LogP contribution is -2.03. The Labute approximate surface area is 149 Å². The van der Waals surface area contributed by atoms with E-state index in [0.29, 0.717) is 12.2 Å². The molecule has 0 atom stereocenters. The second-order valence-corrected chi connectivity index (χ2v) is 5.79. The van der Waals surface area contributed by atoms with E-state index in [9.17, 15) is 4.39 Å². The standard InChI is InChI=1S/C19H16FN5O/c1-26-18-8-6-17(7-9-18)21-11-14-10-15(12-25-19(14)22-23-24-25)13-2-4-16(20)5-3-13/h2-10,12,21H,11H2,1H3. The Morgan fingerprint density at radius 1 is 1.04 bits per heavy atom. The van der Waals surface area contributed by atoms with E-state index in [0.717, 1.165) is 28.1 Å². The summed E-state index contributed by atoms with van der Waals surface area (Å²) in [5.74, 6) is 0.538. The van der Waals surface area contributed by atoms with Crippen LogP contribution in [0.25, 0.3) is 16.8 Å². The molecule has 0 aliphatic rings. The Balaban J connectivity index is 1.64. The molecule has 0 saturated carbocycles. The van der Waals surface area contributed by atoms with Crippen molar-refractivity contribution >= 4 is 11.3 Å². The van der Waals surface area contributed by atoms with Crippen molar-refractivity contribution < 1.29 is 9.13 Å². The molecule has 4 aromatic rings. The third-order valence-electron chi connectivity index (χ3n) is 4.12. The molecule has 0 unspecified atom stereocenters. The first kappa shape index (κ1) is 16.0. The maximum atomic E-state index is 13.2. The monoisotopic (exact) mass is 349 g/mol. The Hall–Kier alpha value is -3.48. The van der Waals surface area contributed by atoms with Crippen LogP contribution in [0, 0.1) is 5.82 Å². The molecule has 0 bridgehead atoms. The molecule has 7 heteroatoms. The maximum Gasteiger partial charge on any atom is 0.184 e. The minimum atomic E-state index is -0.265.